The summed E-state index contributed by atoms with van der Waals surface area (Å²) >= 11 is 0. The number of benzene rings is 2. The van der Waals surface area contributed by atoms with E-state index in [9.17, 15) is 0 Å². The molecule has 2 aromatic heterocycles. The highest BCUT2D eigenvalue weighted by molar-refractivity contribution is 5.80. The van der Waals surface area contributed by atoms with Gasteiger partial charge in [-0.2, -0.15) is 4.98 Å². The van der Waals surface area contributed by atoms with Gasteiger partial charge in [0.05, 0.1) is 13.7 Å². The zero-order valence-corrected chi connectivity index (χ0v) is 15.8. The normalized spacial score (nSPS) is 10.9. The van der Waals surface area contributed by atoms with E-state index in [0.29, 0.717) is 18.4 Å². The number of hydrogen-bond acceptors (Lipinski definition) is 6. The van der Waals surface area contributed by atoms with E-state index < -0.39 is 0 Å². The molecule has 0 radical (unpaired) electrons. The number of rotatable bonds is 7. The Morgan fingerprint density at radius 2 is 1.82 bits per heavy atom. The number of aromatic nitrogens is 7. The lowest BCUT2D eigenvalue weighted by Crippen LogP contribution is -2.07. The first-order valence-corrected chi connectivity index (χ1v) is 9.18. The second-order valence-electron chi connectivity index (χ2n) is 6.41. The largest absolute Gasteiger partial charge is 0.466 e. The number of nitrogens with zero attached hydrogens (tertiary/aromatic N) is 6. The molecule has 0 atom stereocenters. The van der Waals surface area contributed by atoms with Gasteiger partial charge in [0.15, 0.2) is 5.82 Å². The SMILES string of the molecule is CCCc1nc(OC)nn1Cc1ccc(-c2ccccc2-c2nnn[nH]2)cc1. The van der Waals surface area contributed by atoms with Crippen LogP contribution in [0.15, 0.2) is 48.5 Å². The predicted octanol–water partition coefficient (Wildman–Crippen LogP) is 3.13. The van der Waals surface area contributed by atoms with E-state index in [4.69, 9.17) is 4.74 Å². The molecule has 0 aliphatic heterocycles. The minimum Gasteiger partial charge on any atom is -0.466 e. The van der Waals surface area contributed by atoms with Gasteiger partial charge in [-0.15, -0.1) is 10.2 Å². The van der Waals surface area contributed by atoms with Gasteiger partial charge < -0.3 is 4.74 Å². The van der Waals surface area contributed by atoms with Gasteiger partial charge in [-0.25, -0.2) is 9.78 Å². The zero-order chi connectivity index (χ0) is 19.3. The van der Waals surface area contributed by atoms with E-state index in [1.807, 2.05) is 22.9 Å². The van der Waals surface area contributed by atoms with Gasteiger partial charge in [-0.05, 0) is 33.5 Å². The van der Waals surface area contributed by atoms with Gasteiger partial charge in [0, 0.05) is 12.0 Å². The maximum Gasteiger partial charge on any atom is 0.335 e. The molecule has 8 heteroatoms. The molecule has 1 N–H and O–H groups in total. The molecular weight excluding hydrogens is 354 g/mol. The molecule has 0 aliphatic carbocycles. The highest BCUT2D eigenvalue weighted by atomic mass is 16.5. The summed E-state index contributed by atoms with van der Waals surface area (Å²) in [5.74, 6) is 1.59. The molecule has 4 rings (SSSR count). The van der Waals surface area contributed by atoms with Gasteiger partial charge in [0.25, 0.3) is 0 Å². The molecule has 2 heterocycles. The second kappa shape index (κ2) is 7.99. The Labute approximate surface area is 162 Å². The molecule has 28 heavy (non-hydrogen) atoms. The summed E-state index contributed by atoms with van der Waals surface area (Å²) < 4.78 is 7.09. The molecule has 0 amide bonds. The molecule has 0 unspecified atom stereocenters. The summed E-state index contributed by atoms with van der Waals surface area (Å²) in [6, 6.07) is 16.9. The fraction of sp³-hybridized carbons (Fsp3) is 0.250. The van der Waals surface area contributed by atoms with Crippen LogP contribution >= 0.6 is 0 Å². The van der Waals surface area contributed by atoms with Gasteiger partial charge in [0.1, 0.15) is 5.82 Å². The molecule has 0 bridgehead atoms. The number of nitrogens with one attached hydrogen (secondary N) is 1. The maximum atomic E-state index is 5.18. The monoisotopic (exact) mass is 375 g/mol. The van der Waals surface area contributed by atoms with E-state index >= 15 is 0 Å². The lowest BCUT2D eigenvalue weighted by molar-refractivity contribution is 0.377. The highest BCUT2D eigenvalue weighted by Gasteiger charge is 2.12. The first kappa shape index (κ1) is 17.8. The summed E-state index contributed by atoms with van der Waals surface area (Å²) in [6.45, 7) is 2.78. The Hall–Kier alpha value is -3.55. The number of tetrazole rings is 1. The van der Waals surface area contributed by atoms with Crippen LogP contribution in [0.2, 0.25) is 0 Å². The number of aromatic amines is 1. The van der Waals surface area contributed by atoms with Crippen LogP contribution in [0.25, 0.3) is 22.5 Å². The van der Waals surface area contributed by atoms with Crippen LogP contribution in [-0.2, 0) is 13.0 Å². The summed E-state index contributed by atoms with van der Waals surface area (Å²) in [4.78, 5) is 4.43. The number of methoxy groups -OCH3 is 1. The summed E-state index contributed by atoms with van der Waals surface area (Å²) in [7, 11) is 1.59. The maximum absolute atomic E-state index is 5.18. The third-order valence-corrected chi connectivity index (χ3v) is 4.51. The van der Waals surface area contributed by atoms with E-state index in [2.05, 4.69) is 68.0 Å². The first-order chi connectivity index (χ1) is 13.8. The average Bonchev–Trinajstić information content (AvgIpc) is 3.39. The van der Waals surface area contributed by atoms with Crippen molar-refractivity contribution in [1.29, 1.82) is 0 Å². The zero-order valence-electron chi connectivity index (χ0n) is 15.8. The van der Waals surface area contributed by atoms with Gasteiger partial charge in [-0.1, -0.05) is 55.5 Å². The Morgan fingerprint density at radius 1 is 1.04 bits per heavy atom. The Kier molecular flexibility index (Phi) is 5.09. The van der Waals surface area contributed by atoms with Crippen molar-refractivity contribution in [2.75, 3.05) is 7.11 Å². The van der Waals surface area contributed by atoms with Crippen LogP contribution in [0.1, 0.15) is 24.7 Å². The number of ether oxygens (including phenoxy) is 1. The molecule has 2 aromatic carbocycles. The smallest absolute Gasteiger partial charge is 0.335 e. The topological polar surface area (TPSA) is 94.4 Å². The fourth-order valence-electron chi connectivity index (χ4n) is 3.15. The van der Waals surface area contributed by atoms with Crippen molar-refractivity contribution in [3.05, 3.63) is 59.9 Å². The summed E-state index contributed by atoms with van der Waals surface area (Å²) in [5, 5.41) is 18.7. The molecule has 0 saturated carbocycles. The fourth-order valence-corrected chi connectivity index (χ4v) is 3.15. The third kappa shape index (κ3) is 3.62. The van der Waals surface area contributed by atoms with Crippen molar-refractivity contribution in [2.45, 2.75) is 26.3 Å². The van der Waals surface area contributed by atoms with Crippen LogP contribution in [0.4, 0.5) is 0 Å². The number of hydrogen-bond donors (Lipinski definition) is 1. The van der Waals surface area contributed by atoms with Crippen molar-refractivity contribution < 1.29 is 4.74 Å². The Bertz CT molecular complexity index is 1040. The molecule has 8 nitrogen and oxygen atoms in total. The molecule has 0 saturated heterocycles. The summed E-state index contributed by atoms with van der Waals surface area (Å²) in [6.07, 6.45) is 1.88. The average molecular weight is 375 g/mol. The molecule has 4 aromatic rings. The van der Waals surface area contributed by atoms with Crippen LogP contribution < -0.4 is 4.74 Å². The minimum atomic E-state index is 0.412. The Morgan fingerprint density at radius 3 is 2.50 bits per heavy atom. The lowest BCUT2D eigenvalue weighted by Gasteiger charge is -2.09. The minimum absolute atomic E-state index is 0.412. The van der Waals surface area contributed by atoms with Crippen LogP contribution in [-0.4, -0.2) is 42.5 Å². The summed E-state index contributed by atoms with van der Waals surface area (Å²) in [5.41, 5.74) is 4.28. The second-order valence-corrected chi connectivity index (χ2v) is 6.41. The van der Waals surface area contributed by atoms with Gasteiger partial charge >= 0.3 is 6.01 Å². The molecule has 142 valence electrons. The number of aryl methyl sites for hydroxylation is 1. The number of H-pyrrole nitrogens is 1. The predicted molar refractivity (Wildman–Crippen MR) is 105 cm³/mol. The van der Waals surface area contributed by atoms with Crippen molar-refractivity contribution >= 4 is 0 Å². The van der Waals surface area contributed by atoms with E-state index in [0.717, 1.165) is 40.9 Å². The van der Waals surface area contributed by atoms with Crippen molar-refractivity contribution in [2.24, 2.45) is 0 Å². The standard InChI is InChI=1S/C20H21N7O/c1-3-6-18-21-20(28-2)24-27(18)13-14-9-11-15(12-10-14)16-7-4-5-8-17(16)19-22-25-26-23-19/h4-5,7-12H,3,6,13H2,1-2H3,(H,22,23,25,26). The van der Waals surface area contributed by atoms with Crippen LogP contribution in [0.5, 0.6) is 6.01 Å². The van der Waals surface area contributed by atoms with E-state index in [1.165, 1.54) is 0 Å². The van der Waals surface area contributed by atoms with Crippen molar-refractivity contribution in [3.63, 3.8) is 0 Å². The van der Waals surface area contributed by atoms with E-state index in [1.54, 1.807) is 7.11 Å². The molecular formula is C20H21N7O. The molecule has 0 aliphatic rings. The van der Waals surface area contributed by atoms with Crippen LogP contribution in [0, 0.1) is 0 Å². The van der Waals surface area contributed by atoms with Crippen molar-refractivity contribution in [3.8, 4) is 28.5 Å². The van der Waals surface area contributed by atoms with E-state index in [-0.39, 0.29) is 0 Å². The van der Waals surface area contributed by atoms with Crippen LogP contribution in [0.3, 0.4) is 0 Å². The lowest BCUT2D eigenvalue weighted by atomic mass is 9.98. The van der Waals surface area contributed by atoms with Gasteiger partial charge in [-0.3, -0.25) is 0 Å². The molecule has 0 fully saturated rings. The molecule has 0 spiro atoms. The third-order valence-electron chi connectivity index (χ3n) is 4.51. The van der Waals surface area contributed by atoms with Gasteiger partial charge in [0.2, 0.25) is 0 Å². The Balaban J connectivity index is 1.60. The quantitative estimate of drug-likeness (QED) is 0.533. The first-order valence-electron chi connectivity index (χ1n) is 9.18. The van der Waals surface area contributed by atoms with Crippen molar-refractivity contribution in [1.82, 2.24) is 35.4 Å². The highest BCUT2D eigenvalue weighted by Crippen LogP contribution is 2.29.